The summed E-state index contributed by atoms with van der Waals surface area (Å²) in [7, 11) is 0. The summed E-state index contributed by atoms with van der Waals surface area (Å²) in [6, 6.07) is 17.3. The van der Waals surface area contributed by atoms with E-state index < -0.39 is 11.8 Å². The van der Waals surface area contributed by atoms with Crippen LogP contribution < -0.4 is 10.6 Å². The molecule has 0 aliphatic rings. The zero-order valence-corrected chi connectivity index (χ0v) is 16.5. The maximum Gasteiger partial charge on any atom is 0.319 e. The van der Waals surface area contributed by atoms with E-state index in [2.05, 4.69) is 15.6 Å². The van der Waals surface area contributed by atoms with Gasteiger partial charge in [-0.1, -0.05) is 23.7 Å². The maximum atomic E-state index is 13.3. The predicted octanol–water partition coefficient (Wildman–Crippen LogP) is 5.46. The van der Waals surface area contributed by atoms with E-state index >= 15 is 0 Å². The average Bonchev–Trinajstić information content (AvgIpc) is 3.10. The molecule has 0 saturated heterocycles. The SMILES string of the molecule is O=C(NCCn1c(-c2ccc(F)cc2)nc2ccccc21)Nc1ccc(F)c(Cl)c1. The number of anilines is 1. The highest BCUT2D eigenvalue weighted by Crippen LogP contribution is 2.25. The third kappa shape index (κ3) is 4.26. The lowest BCUT2D eigenvalue weighted by Crippen LogP contribution is -2.31. The highest BCUT2D eigenvalue weighted by atomic mass is 35.5. The van der Waals surface area contributed by atoms with Crippen LogP contribution in [0.1, 0.15) is 0 Å². The van der Waals surface area contributed by atoms with Gasteiger partial charge >= 0.3 is 6.03 Å². The first-order valence-electron chi connectivity index (χ1n) is 9.22. The molecule has 0 radical (unpaired) electrons. The lowest BCUT2D eigenvalue weighted by molar-refractivity contribution is 0.251. The molecule has 0 spiro atoms. The van der Waals surface area contributed by atoms with Crippen LogP contribution in [0.4, 0.5) is 19.3 Å². The standard InChI is InChI=1S/C22H17ClF2N4O/c23-17-13-16(9-10-18(17)25)27-22(30)26-11-12-29-20-4-2-1-3-19(20)28-21(29)14-5-7-15(24)8-6-14/h1-10,13H,11-12H2,(H2,26,27,30). The van der Waals surface area contributed by atoms with Crippen molar-refractivity contribution in [2.75, 3.05) is 11.9 Å². The van der Waals surface area contributed by atoms with Crippen LogP contribution in [0.25, 0.3) is 22.4 Å². The number of carbonyl (C=O) groups is 1. The lowest BCUT2D eigenvalue weighted by Gasteiger charge is -2.12. The molecular formula is C22H17ClF2N4O. The molecule has 0 saturated carbocycles. The van der Waals surface area contributed by atoms with Crippen molar-refractivity contribution < 1.29 is 13.6 Å². The van der Waals surface area contributed by atoms with Crippen molar-refractivity contribution in [3.63, 3.8) is 0 Å². The number of imidazole rings is 1. The number of halogens is 3. The molecule has 0 atom stereocenters. The Kier molecular flexibility index (Phi) is 5.63. The lowest BCUT2D eigenvalue weighted by atomic mass is 10.2. The van der Waals surface area contributed by atoms with E-state index in [1.165, 1.54) is 30.3 Å². The van der Waals surface area contributed by atoms with E-state index in [4.69, 9.17) is 11.6 Å². The van der Waals surface area contributed by atoms with Crippen LogP contribution in [0, 0.1) is 11.6 Å². The Bertz CT molecular complexity index is 1210. The number of benzene rings is 3. The fraction of sp³-hybridized carbons (Fsp3) is 0.0909. The van der Waals surface area contributed by atoms with Gasteiger partial charge in [0.2, 0.25) is 0 Å². The van der Waals surface area contributed by atoms with E-state index in [1.807, 2.05) is 28.8 Å². The van der Waals surface area contributed by atoms with Crippen molar-refractivity contribution in [3.05, 3.63) is 83.4 Å². The number of rotatable bonds is 5. The molecule has 0 aliphatic heterocycles. The number of aromatic nitrogens is 2. The van der Waals surface area contributed by atoms with Gasteiger partial charge in [-0.3, -0.25) is 0 Å². The Morgan fingerprint density at radius 2 is 1.80 bits per heavy atom. The summed E-state index contributed by atoms with van der Waals surface area (Å²) in [6.45, 7) is 0.764. The zero-order chi connectivity index (χ0) is 21.1. The molecule has 1 heterocycles. The molecule has 4 rings (SSSR count). The van der Waals surface area contributed by atoms with Crippen molar-refractivity contribution in [3.8, 4) is 11.4 Å². The summed E-state index contributed by atoms with van der Waals surface area (Å²) in [6.07, 6.45) is 0. The van der Waals surface area contributed by atoms with E-state index in [0.717, 1.165) is 16.6 Å². The molecule has 0 unspecified atom stereocenters. The first kappa shape index (κ1) is 19.8. The maximum absolute atomic E-state index is 13.3. The number of nitrogens with one attached hydrogen (secondary N) is 2. The fourth-order valence-electron chi connectivity index (χ4n) is 3.15. The van der Waals surface area contributed by atoms with Crippen LogP contribution in [-0.2, 0) is 6.54 Å². The normalized spacial score (nSPS) is 10.9. The summed E-state index contributed by atoms with van der Waals surface area (Å²) < 4.78 is 28.5. The topological polar surface area (TPSA) is 59.0 Å². The second-order valence-corrected chi connectivity index (χ2v) is 7.00. The number of carbonyl (C=O) groups excluding carboxylic acids is 1. The van der Waals surface area contributed by atoms with Crippen molar-refractivity contribution in [2.24, 2.45) is 0 Å². The third-order valence-corrected chi connectivity index (χ3v) is 4.85. The van der Waals surface area contributed by atoms with E-state index in [9.17, 15) is 13.6 Å². The van der Waals surface area contributed by atoms with E-state index in [0.29, 0.717) is 24.6 Å². The number of amides is 2. The number of hydrogen-bond acceptors (Lipinski definition) is 2. The number of urea groups is 1. The minimum atomic E-state index is -0.553. The molecule has 4 aromatic rings. The van der Waals surface area contributed by atoms with Gasteiger partial charge in [0.15, 0.2) is 0 Å². The van der Waals surface area contributed by atoms with Gasteiger partial charge in [-0.15, -0.1) is 0 Å². The molecule has 0 fully saturated rings. The third-order valence-electron chi connectivity index (χ3n) is 4.56. The highest BCUT2D eigenvalue weighted by Gasteiger charge is 2.13. The molecule has 8 heteroatoms. The van der Waals surface area contributed by atoms with E-state index in [1.54, 1.807) is 12.1 Å². The minimum absolute atomic E-state index is 0.0679. The Balaban J connectivity index is 1.49. The molecular weight excluding hydrogens is 410 g/mol. The van der Waals surface area contributed by atoms with Crippen LogP contribution in [0.5, 0.6) is 0 Å². The van der Waals surface area contributed by atoms with E-state index in [-0.39, 0.29) is 10.8 Å². The number of para-hydroxylation sites is 2. The van der Waals surface area contributed by atoms with Gasteiger partial charge < -0.3 is 15.2 Å². The predicted molar refractivity (Wildman–Crippen MR) is 114 cm³/mol. The van der Waals surface area contributed by atoms with Gasteiger partial charge in [0.25, 0.3) is 0 Å². The van der Waals surface area contributed by atoms with Gasteiger partial charge in [-0.05, 0) is 54.6 Å². The van der Waals surface area contributed by atoms with Crippen LogP contribution in [0.15, 0.2) is 66.7 Å². The van der Waals surface area contributed by atoms with Gasteiger partial charge in [0.1, 0.15) is 17.5 Å². The average molecular weight is 427 g/mol. The minimum Gasteiger partial charge on any atom is -0.336 e. The Morgan fingerprint density at radius 3 is 2.57 bits per heavy atom. The summed E-state index contributed by atoms with van der Waals surface area (Å²) in [5.41, 5.74) is 2.88. The van der Waals surface area contributed by atoms with Crippen molar-refractivity contribution >= 4 is 34.4 Å². The smallest absolute Gasteiger partial charge is 0.319 e. The highest BCUT2D eigenvalue weighted by molar-refractivity contribution is 6.31. The first-order valence-corrected chi connectivity index (χ1v) is 9.60. The molecule has 2 amide bonds. The van der Waals surface area contributed by atoms with Gasteiger partial charge in [-0.2, -0.15) is 0 Å². The number of fused-ring (bicyclic) bond motifs is 1. The number of hydrogen-bond donors (Lipinski definition) is 2. The molecule has 152 valence electrons. The second-order valence-electron chi connectivity index (χ2n) is 6.59. The fourth-order valence-corrected chi connectivity index (χ4v) is 3.33. The number of nitrogens with zero attached hydrogens (tertiary/aromatic N) is 2. The molecule has 3 aromatic carbocycles. The summed E-state index contributed by atoms with van der Waals surface area (Å²) in [4.78, 5) is 16.8. The van der Waals surface area contributed by atoms with Gasteiger partial charge in [0, 0.05) is 24.3 Å². The summed E-state index contributed by atoms with van der Waals surface area (Å²) >= 11 is 5.73. The second kappa shape index (κ2) is 8.51. The van der Waals surface area contributed by atoms with Crippen molar-refractivity contribution in [2.45, 2.75) is 6.54 Å². The monoisotopic (exact) mass is 426 g/mol. The molecule has 30 heavy (non-hydrogen) atoms. The Morgan fingerprint density at radius 1 is 1.03 bits per heavy atom. The van der Waals surface area contributed by atoms with Crippen LogP contribution in [-0.4, -0.2) is 22.1 Å². The van der Waals surface area contributed by atoms with Crippen molar-refractivity contribution in [1.82, 2.24) is 14.9 Å². The van der Waals surface area contributed by atoms with Gasteiger partial charge in [0.05, 0.1) is 16.1 Å². The Labute approximate surface area is 176 Å². The molecule has 0 aliphatic carbocycles. The summed E-state index contributed by atoms with van der Waals surface area (Å²) in [5, 5.41) is 5.30. The molecule has 0 bridgehead atoms. The van der Waals surface area contributed by atoms with Crippen LogP contribution in [0.3, 0.4) is 0 Å². The van der Waals surface area contributed by atoms with Gasteiger partial charge in [-0.25, -0.2) is 18.6 Å². The zero-order valence-electron chi connectivity index (χ0n) is 15.7. The van der Waals surface area contributed by atoms with Crippen LogP contribution >= 0.6 is 11.6 Å². The van der Waals surface area contributed by atoms with Crippen LogP contribution in [0.2, 0.25) is 5.02 Å². The quantitative estimate of drug-likeness (QED) is 0.445. The molecule has 2 N–H and O–H groups in total. The Hall–Kier alpha value is -3.45. The molecule has 5 nitrogen and oxygen atoms in total. The van der Waals surface area contributed by atoms with Crippen molar-refractivity contribution in [1.29, 1.82) is 0 Å². The first-order chi connectivity index (χ1) is 14.5. The summed E-state index contributed by atoms with van der Waals surface area (Å²) in [5.74, 6) is -0.188. The molecule has 1 aromatic heterocycles. The largest absolute Gasteiger partial charge is 0.336 e.